The number of carbonyl (C=O) groups is 1. The Morgan fingerprint density at radius 1 is 1.77 bits per heavy atom. The molecule has 1 aliphatic rings. The highest BCUT2D eigenvalue weighted by atomic mass is 79.9. The van der Waals surface area contributed by atoms with E-state index in [-0.39, 0.29) is 18.0 Å². The maximum atomic E-state index is 11.5. The third-order valence-electron chi connectivity index (χ3n) is 1.95. The molecule has 0 aliphatic heterocycles. The van der Waals surface area contributed by atoms with Crippen molar-refractivity contribution in [1.29, 1.82) is 0 Å². The van der Waals surface area contributed by atoms with Gasteiger partial charge in [0.1, 0.15) is 0 Å². The van der Waals surface area contributed by atoms with E-state index in [0.717, 1.165) is 15.8 Å². The molecule has 0 radical (unpaired) electrons. The summed E-state index contributed by atoms with van der Waals surface area (Å²) in [6, 6.07) is 2.16. The number of amides is 1. The topological polar surface area (TPSA) is 55.1 Å². The second kappa shape index (κ2) is 3.40. The predicted molar refractivity (Wildman–Crippen MR) is 55.9 cm³/mol. The number of carbonyl (C=O) groups excluding carboxylic acids is 1. The van der Waals surface area contributed by atoms with Gasteiger partial charge in [-0.05, 0) is 28.4 Å². The van der Waals surface area contributed by atoms with Crippen molar-refractivity contribution in [3.63, 3.8) is 0 Å². The van der Waals surface area contributed by atoms with Gasteiger partial charge in [0.25, 0.3) is 5.91 Å². The highest BCUT2D eigenvalue weighted by Gasteiger charge is 2.35. The Hall–Kier alpha value is -0.390. The average molecular weight is 261 g/mol. The van der Waals surface area contributed by atoms with Gasteiger partial charge < -0.3 is 11.1 Å². The van der Waals surface area contributed by atoms with Crippen molar-refractivity contribution in [2.75, 3.05) is 0 Å². The van der Waals surface area contributed by atoms with Gasteiger partial charge in [0.15, 0.2) is 0 Å². The van der Waals surface area contributed by atoms with Crippen molar-refractivity contribution in [1.82, 2.24) is 5.32 Å². The van der Waals surface area contributed by atoms with E-state index in [9.17, 15) is 4.79 Å². The molecular weight excluding hydrogens is 252 g/mol. The van der Waals surface area contributed by atoms with E-state index < -0.39 is 0 Å². The van der Waals surface area contributed by atoms with Crippen LogP contribution in [0.1, 0.15) is 16.1 Å². The SMILES string of the molecule is NC1CC1NC(=O)c1cc(Br)cs1. The summed E-state index contributed by atoms with van der Waals surface area (Å²) < 4.78 is 0.947. The third-order valence-corrected chi connectivity index (χ3v) is 3.64. The number of nitrogens with two attached hydrogens (primary N) is 1. The monoisotopic (exact) mass is 260 g/mol. The largest absolute Gasteiger partial charge is 0.347 e. The molecule has 0 saturated heterocycles. The Morgan fingerprint density at radius 3 is 2.92 bits per heavy atom. The van der Waals surface area contributed by atoms with Gasteiger partial charge in [-0.1, -0.05) is 0 Å². The zero-order valence-corrected chi connectivity index (χ0v) is 9.19. The average Bonchev–Trinajstić information content (AvgIpc) is 2.62. The number of hydrogen-bond acceptors (Lipinski definition) is 3. The number of rotatable bonds is 2. The van der Waals surface area contributed by atoms with Crippen molar-refractivity contribution in [3.05, 3.63) is 20.8 Å². The van der Waals surface area contributed by atoms with Crippen molar-refractivity contribution in [3.8, 4) is 0 Å². The molecule has 3 N–H and O–H groups in total. The zero-order valence-electron chi connectivity index (χ0n) is 6.79. The summed E-state index contributed by atoms with van der Waals surface area (Å²) in [5, 5.41) is 4.75. The van der Waals surface area contributed by atoms with Crippen LogP contribution in [0.2, 0.25) is 0 Å². The molecule has 1 fully saturated rings. The Kier molecular flexibility index (Phi) is 2.40. The van der Waals surface area contributed by atoms with Crippen molar-refractivity contribution >= 4 is 33.2 Å². The molecule has 0 bridgehead atoms. The molecule has 5 heteroatoms. The third kappa shape index (κ3) is 2.10. The van der Waals surface area contributed by atoms with Gasteiger partial charge in [-0.25, -0.2) is 0 Å². The smallest absolute Gasteiger partial charge is 0.261 e. The van der Waals surface area contributed by atoms with E-state index in [0.29, 0.717) is 0 Å². The van der Waals surface area contributed by atoms with Crippen LogP contribution in [-0.2, 0) is 0 Å². The highest BCUT2D eigenvalue weighted by molar-refractivity contribution is 9.10. The first kappa shape index (κ1) is 9.18. The molecule has 1 aromatic rings. The Morgan fingerprint density at radius 2 is 2.46 bits per heavy atom. The molecule has 1 amide bonds. The van der Waals surface area contributed by atoms with Gasteiger partial charge in [-0.15, -0.1) is 11.3 Å². The van der Waals surface area contributed by atoms with Gasteiger partial charge in [0.05, 0.1) is 4.88 Å². The van der Waals surface area contributed by atoms with Crippen LogP contribution >= 0.6 is 27.3 Å². The number of hydrogen-bond donors (Lipinski definition) is 2. The fourth-order valence-electron chi connectivity index (χ4n) is 1.05. The van der Waals surface area contributed by atoms with Crippen molar-refractivity contribution in [2.24, 2.45) is 5.73 Å². The highest BCUT2D eigenvalue weighted by Crippen LogP contribution is 2.22. The quantitative estimate of drug-likeness (QED) is 0.844. The molecule has 0 aromatic carbocycles. The van der Waals surface area contributed by atoms with Gasteiger partial charge in [-0.3, -0.25) is 4.79 Å². The zero-order chi connectivity index (χ0) is 9.42. The molecule has 1 saturated carbocycles. The van der Waals surface area contributed by atoms with Crippen LogP contribution in [0, 0.1) is 0 Å². The maximum absolute atomic E-state index is 11.5. The van der Waals surface area contributed by atoms with Crippen LogP contribution < -0.4 is 11.1 Å². The second-order valence-electron chi connectivity index (χ2n) is 3.11. The standard InChI is InChI=1S/C8H9BrN2OS/c9-4-1-7(13-3-4)8(12)11-6-2-5(6)10/h1,3,5-6H,2,10H2,(H,11,12). The first-order valence-corrected chi connectivity index (χ1v) is 5.64. The van der Waals surface area contributed by atoms with Gasteiger partial charge in [0.2, 0.25) is 0 Å². The Bertz CT molecular complexity index is 339. The minimum atomic E-state index is -0.0198. The molecule has 2 unspecified atom stereocenters. The molecule has 1 aromatic heterocycles. The normalized spacial score (nSPS) is 25.7. The molecular formula is C8H9BrN2OS. The van der Waals surface area contributed by atoms with Crippen molar-refractivity contribution < 1.29 is 4.79 Å². The summed E-state index contributed by atoms with van der Waals surface area (Å²) in [5.41, 5.74) is 5.58. The molecule has 1 heterocycles. The van der Waals surface area contributed by atoms with Crippen LogP contribution in [-0.4, -0.2) is 18.0 Å². The molecule has 2 atom stereocenters. The van der Waals surface area contributed by atoms with Crippen LogP contribution in [0.5, 0.6) is 0 Å². The number of nitrogens with one attached hydrogen (secondary N) is 1. The molecule has 13 heavy (non-hydrogen) atoms. The van der Waals surface area contributed by atoms with E-state index in [4.69, 9.17) is 5.73 Å². The van der Waals surface area contributed by atoms with Gasteiger partial charge >= 0.3 is 0 Å². The minimum Gasteiger partial charge on any atom is -0.347 e. The summed E-state index contributed by atoms with van der Waals surface area (Å²) in [6.07, 6.45) is 0.901. The van der Waals surface area contributed by atoms with Crippen LogP contribution in [0.15, 0.2) is 15.9 Å². The van der Waals surface area contributed by atoms with Crippen LogP contribution in [0.25, 0.3) is 0 Å². The minimum absolute atomic E-state index is 0.0198. The van der Waals surface area contributed by atoms with E-state index >= 15 is 0 Å². The second-order valence-corrected chi connectivity index (χ2v) is 4.94. The van der Waals surface area contributed by atoms with E-state index in [2.05, 4.69) is 21.2 Å². The van der Waals surface area contributed by atoms with Crippen LogP contribution in [0.3, 0.4) is 0 Å². The Labute approximate surface area is 88.4 Å². The fraction of sp³-hybridized carbons (Fsp3) is 0.375. The Balaban J connectivity index is 1.97. The van der Waals surface area contributed by atoms with Crippen molar-refractivity contribution in [2.45, 2.75) is 18.5 Å². The lowest BCUT2D eigenvalue weighted by Gasteiger charge is -1.99. The predicted octanol–water partition coefficient (Wildman–Crippen LogP) is 1.34. The summed E-state index contributed by atoms with van der Waals surface area (Å²) >= 11 is 4.73. The summed E-state index contributed by atoms with van der Waals surface area (Å²) in [4.78, 5) is 12.2. The van der Waals surface area contributed by atoms with Crippen LogP contribution in [0.4, 0.5) is 0 Å². The molecule has 70 valence electrons. The maximum Gasteiger partial charge on any atom is 0.261 e. The molecule has 0 spiro atoms. The lowest BCUT2D eigenvalue weighted by molar-refractivity contribution is 0.0954. The van der Waals surface area contributed by atoms with Gasteiger partial charge in [0, 0.05) is 21.9 Å². The molecule has 1 aliphatic carbocycles. The fourth-order valence-corrected chi connectivity index (χ4v) is 2.38. The van der Waals surface area contributed by atoms with E-state index in [1.165, 1.54) is 11.3 Å². The molecule has 2 rings (SSSR count). The lowest BCUT2D eigenvalue weighted by atomic mass is 10.4. The summed E-state index contributed by atoms with van der Waals surface area (Å²) in [6.45, 7) is 0. The van der Waals surface area contributed by atoms with Gasteiger partial charge in [-0.2, -0.15) is 0 Å². The van der Waals surface area contributed by atoms with E-state index in [1.54, 1.807) is 0 Å². The number of halogens is 1. The molecule has 3 nitrogen and oxygen atoms in total. The first-order chi connectivity index (χ1) is 6.16. The van der Waals surface area contributed by atoms with E-state index in [1.807, 2.05) is 11.4 Å². The summed E-state index contributed by atoms with van der Waals surface area (Å²) in [5.74, 6) is -0.0198. The summed E-state index contributed by atoms with van der Waals surface area (Å²) in [7, 11) is 0. The lowest BCUT2D eigenvalue weighted by Crippen LogP contribution is -2.28. The first-order valence-electron chi connectivity index (χ1n) is 3.97. The number of thiophene rings is 1.